The third-order valence-electron chi connectivity index (χ3n) is 5.82. The molecule has 1 aliphatic rings. The van der Waals surface area contributed by atoms with Gasteiger partial charge in [-0.05, 0) is 61.2 Å². The number of piperidine rings is 1. The number of nitrogens with one attached hydrogen (secondary N) is 1. The summed E-state index contributed by atoms with van der Waals surface area (Å²) in [5.74, 6) is 1.74. The van der Waals surface area contributed by atoms with Crippen LogP contribution in [0, 0.1) is 4.77 Å². The molecule has 0 unspecified atom stereocenters. The Balaban J connectivity index is 1.55. The fraction of sp³-hybridized carbons (Fsp3) is 0.417. The third-order valence-corrected chi connectivity index (χ3v) is 6.25. The van der Waals surface area contributed by atoms with Crippen molar-refractivity contribution in [2.24, 2.45) is 0 Å². The minimum atomic E-state index is 0.407. The van der Waals surface area contributed by atoms with E-state index in [1.807, 2.05) is 22.9 Å². The first kappa shape index (κ1) is 20.8. The Hall–Kier alpha value is -2.44. The molecule has 5 nitrogen and oxygen atoms in total. The van der Waals surface area contributed by atoms with E-state index < -0.39 is 0 Å². The van der Waals surface area contributed by atoms with Gasteiger partial charge in [0, 0.05) is 0 Å². The van der Waals surface area contributed by atoms with Crippen molar-refractivity contribution in [3.05, 3.63) is 76.3 Å². The Bertz CT molecular complexity index is 988. The van der Waals surface area contributed by atoms with E-state index in [1.54, 1.807) is 4.90 Å². The van der Waals surface area contributed by atoms with Gasteiger partial charge in [0.25, 0.3) is 0 Å². The molecule has 2 aromatic carbocycles. The van der Waals surface area contributed by atoms with E-state index >= 15 is 0 Å². The van der Waals surface area contributed by atoms with Gasteiger partial charge < -0.3 is 9.64 Å². The van der Waals surface area contributed by atoms with E-state index in [9.17, 15) is 0 Å². The quantitative estimate of drug-likeness (QED) is 0.562. The second-order valence-corrected chi connectivity index (χ2v) is 8.39. The van der Waals surface area contributed by atoms with Gasteiger partial charge in [-0.3, -0.25) is 4.57 Å². The van der Waals surface area contributed by atoms with Gasteiger partial charge in [0.2, 0.25) is 4.77 Å². The Morgan fingerprint density at radius 2 is 1.70 bits per heavy atom. The van der Waals surface area contributed by atoms with Gasteiger partial charge in [0.15, 0.2) is 12.5 Å². The van der Waals surface area contributed by atoms with E-state index in [0.29, 0.717) is 13.2 Å². The van der Waals surface area contributed by atoms with Crippen molar-refractivity contribution in [1.82, 2.24) is 14.3 Å². The van der Waals surface area contributed by atoms with Crippen molar-refractivity contribution in [2.75, 3.05) is 13.1 Å². The Morgan fingerprint density at radius 1 is 0.967 bits per heavy atom. The molecular weight excluding hydrogens is 392 g/mol. The minimum Gasteiger partial charge on any atom is -0.486 e. The number of benzene rings is 2. The summed E-state index contributed by atoms with van der Waals surface area (Å²) < 4.78 is 11.0. The van der Waals surface area contributed by atoms with E-state index in [1.165, 1.54) is 43.5 Å². The maximum atomic E-state index is 6.08. The summed E-state index contributed by atoms with van der Waals surface area (Å²) in [7, 11) is 0. The highest BCUT2D eigenvalue weighted by Crippen LogP contribution is 2.15. The summed E-state index contributed by atoms with van der Waals surface area (Å²) in [6, 6.07) is 18.7. The predicted octanol–water partition coefficient (Wildman–Crippen LogP) is 3.63. The maximum Gasteiger partial charge on any atom is 0.203 e. The molecule has 0 spiro atoms. The van der Waals surface area contributed by atoms with Crippen LogP contribution in [0.2, 0.25) is 0 Å². The van der Waals surface area contributed by atoms with Crippen LogP contribution < -0.4 is 9.64 Å². The van der Waals surface area contributed by atoms with Crippen LogP contribution in [0.3, 0.4) is 0 Å². The van der Waals surface area contributed by atoms with E-state index in [4.69, 9.17) is 22.1 Å². The molecule has 0 bridgehead atoms. The summed E-state index contributed by atoms with van der Waals surface area (Å²) in [6.07, 6.45) is 4.95. The lowest BCUT2D eigenvalue weighted by atomic mass is 10.1. The lowest BCUT2D eigenvalue weighted by Gasteiger charge is -2.22. The fourth-order valence-electron chi connectivity index (χ4n) is 4.01. The monoisotopic (exact) mass is 423 g/mol. The third kappa shape index (κ3) is 5.18. The molecule has 1 fully saturated rings. The summed E-state index contributed by atoms with van der Waals surface area (Å²) >= 11 is 5.84. The maximum absolute atomic E-state index is 6.08. The number of aromatic nitrogens is 3. The van der Waals surface area contributed by atoms with Gasteiger partial charge in [-0.1, -0.05) is 49.4 Å². The second-order valence-electron chi connectivity index (χ2n) is 8.03. The molecule has 0 atom stereocenters. The molecular formula is C24H31N4OS+. The number of hydrogen-bond acceptors (Lipinski definition) is 3. The van der Waals surface area contributed by atoms with Crippen molar-refractivity contribution in [3.8, 4) is 5.75 Å². The molecule has 1 N–H and O–H groups in total. The van der Waals surface area contributed by atoms with E-state index in [-0.39, 0.29) is 0 Å². The number of ether oxygens (including phenoxy) is 1. The van der Waals surface area contributed by atoms with Crippen molar-refractivity contribution >= 4 is 12.2 Å². The lowest BCUT2D eigenvalue weighted by molar-refractivity contribution is -0.928. The lowest BCUT2D eigenvalue weighted by Crippen LogP contribution is -3.12. The van der Waals surface area contributed by atoms with Crippen LogP contribution in [-0.2, 0) is 26.2 Å². The molecule has 1 aromatic heterocycles. The molecule has 1 aliphatic heterocycles. The molecule has 30 heavy (non-hydrogen) atoms. The first-order valence-electron chi connectivity index (χ1n) is 11.0. The molecule has 3 aromatic rings. The zero-order chi connectivity index (χ0) is 20.8. The van der Waals surface area contributed by atoms with Crippen molar-refractivity contribution in [1.29, 1.82) is 0 Å². The van der Waals surface area contributed by atoms with Crippen molar-refractivity contribution < 1.29 is 9.64 Å². The van der Waals surface area contributed by atoms with Gasteiger partial charge in [-0.15, -0.1) is 5.10 Å². The number of aryl methyl sites for hydroxylation is 1. The summed E-state index contributed by atoms with van der Waals surface area (Å²) in [5, 5.41) is 4.88. The fourth-order valence-corrected chi connectivity index (χ4v) is 4.29. The van der Waals surface area contributed by atoms with E-state index in [2.05, 4.69) is 47.9 Å². The smallest absolute Gasteiger partial charge is 0.203 e. The number of hydrogen-bond donors (Lipinski definition) is 1. The van der Waals surface area contributed by atoms with Crippen LogP contribution in [-0.4, -0.2) is 27.4 Å². The first-order chi connectivity index (χ1) is 14.7. The zero-order valence-electron chi connectivity index (χ0n) is 17.7. The van der Waals surface area contributed by atoms with Crippen LogP contribution in [0.4, 0.5) is 0 Å². The Labute approximate surface area is 183 Å². The standard InChI is InChI=1S/C24H30N4OS/c1-2-20-11-13-22(14-12-20)29-18-23-25-28(19-26-15-7-4-8-16-26)24(30)27(23)17-21-9-5-3-6-10-21/h3,5-6,9-14H,2,4,7-8,15-19H2,1H3/p+1. The van der Waals surface area contributed by atoms with Gasteiger partial charge in [0.1, 0.15) is 12.4 Å². The van der Waals surface area contributed by atoms with Crippen LogP contribution in [0.15, 0.2) is 54.6 Å². The summed E-state index contributed by atoms with van der Waals surface area (Å²) in [4.78, 5) is 1.56. The van der Waals surface area contributed by atoms with Crippen LogP contribution in [0.1, 0.15) is 43.1 Å². The largest absolute Gasteiger partial charge is 0.486 e. The first-order valence-corrected chi connectivity index (χ1v) is 11.4. The highest BCUT2D eigenvalue weighted by molar-refractivity contribution is 7.71. The second kappa shape index (κ2) is 10.0. The highest BCUT2D eigenvalue weighted by atomic mass is 32.1. The van der Waals surface area contributed by atoms with Gasteiger partial charge in [-0.25, -0.2) is 0 Å². The van der Waals surface area contributed by atoms with Gasteiger partial charge in [-0.2, -0.15) is 4.68 Å². The average Bonchev–Trinajstić information content (AvgIpc) is 3.08. The normalized spacial score (nSPS) is 14.7. The van der Waals surface area contributed by atoms with Crippen LogP contribution in [0.5, 0.6) is 5.75 Å². The number of quaternary nitrogens is 1. The summed E-state index contributed by atoms with van der Waals surface area (Å²) in [6.45, 7) is 6.50. The average molecular weight is 424 g/mol. The molecule has 0 amide bonds. The Morgan fingerprint density at radius 3 is 2.40 bits per heavy atom. The van der Waals surface area contributed by atoms with Crippen molar-refractivity contribution in [3.63, 3.8) is 0 Å². The number of rotatable bonds is 8. The molecule has 1 saturated heterocycles. The molecule has 0 saturated carbocycles. The molecule has 0 aliphatic carbocycles. The predicted molar refractivity (Wildman–Crippen MR) is 121 cm³/mol. The molecule has 2 heterocycles. The minimum absolute atomic E-state index is 0.407. The van der Waals surface area contributed by atoms with E-state index in [0.717, 1.165) is 29.4 Å². The van der Waals surface area contributed by atoms with Crippen LogP contribution >= 0.6 is 12.2 Å². The summed E-state index contributed by atoms with van der Waals surface area (Å²) in [5.41, 5.74) is 2.52. The van der Waals surface area contributed by atoms with Crippen LogP contribution in [0.25, 0.3) is 0 Å². The Kier molecular flexibility index (Phi) is 6.97. The highest BCUT2D eigenvalue weighted by Gasteiger charge is 2.18. The number of nitrogens with zero attached hydrogens (tertiary/aromatic N) is 3. The molecule has 158 valence electrons. The number of likely N-dealkylation sites (tertiary alicyclic amines) is 1. The van der Waals surface area contributed by atoms with Gasteiger partial charge in [0.05, 0.1) is 19.6 Å². The molecule has 0 radical (unpaired) electrons. The molecule has 6 heteroatoms. The molecule has 4 rings (SSSR count). The zero-order valence-corrected chi connectivity index (χ0v) is 18.5. The van der Waals surface area contributed by atoms with Crippen molar-refractivity contribution in [2.45, 2.75) is 52.4 Å². The SMILES string of the molecule is CCc1ccc(OCc2nn(C[NH+]3CCCCC3)c(=S)n2Cc2ccccc2)cc1. The topological polar surface area (TPSA) is 36.4 Å². The van der Waals surface area contributed by atoms with Gasteiger partial charge >= 0.3 is 0 Å².